The van der Waals surface area contributed by atoms with E-state index in [0.29, 0.717) is 12.8 Å². The molecule has 1 saturated carbocycles. The summed E-state index contributed by atoms with van der Waals surface area (Å²) in [4.78, 5) is 26.0. The van der Waals surface area contributed by atoms with E-state index in [-0.39, 0.29) is 22.9 Å². The highest BCUT2D eigenvalue weighted by Gasteiger charge is 2.44. The van der Waals surface area contributed by atoms with Gasteiger partial charge in [-0.1, -0.05) is 19.3 Å². The average molecular weight is 401 g/mol. The van der Waals surface area contributed by atoms with Crippen molar-refractivity contribution >= 4 is 40.1 Å². The lowest BCUT2D eigenvalue weighted by Crippen LogP contribution is -2.49. The smallest absolute Gasteiger partial charge is 0.234 e. The lowest BCUT2D eigenvalue weighted by molar-refractivity contribution is -0.134. The Morgan fingerprint density at radius 2 is 1.67 bits per heavy atom. The molecule has 1 saturated heterocycles. The highest BCUT2D eigenvalue weighted by molar-refractivity contribution is 14.1. The molecule has 0 N–H and O–H groups in total. The molecule has 0 atom stereocenters. The molecule has 5 heteroatoms. The van der Waals surface area contributed by atoms with Crippen molar-refractivity contribution in [3.05, 3.63) is 27.6 Å². The quantitative estimate of drug-likeness (QED) is 0.527. The first-order chi connectivity index (χ1) is 10.0. The fraction of sp³-hybridized carbons (Fsp3) is 0.500. The summed E-state index contributed by atoms with van der Waals surface area (Å²) in [7, 11) is 0. The van der Waals surface area contributed by atoms with Crippen LogP contribution in [0.25, 0.3) is 0 Å². The summed E-state index contributed by atoms with van der Waals surface area (Å²) >= 11 is 2.01. The molecule has 0 unspecified atom stereocenters. The molecule has 1 aromatic rings. The van der Waals surface area contributed by atoms with Gasteiger partial charge in [-0.25, -0.2) is 9.29 Å². The van der Waals surface area contributed by atoms with E-state index in [9.17, 15) is 14.0 Å². The molecule has 0 radical (unpaired) electrons. The van der Waals surface area contributed by atoms with Crippen LogP contribution in [0.5, 0.6) is 0 Å². The van der Waals surface area contributed by atoms with Crippen LogP contribution in [-0.4, -0.2) is 11.8 Å². The molecule has 0 aromatic heterocycles. The van der Waals surface area contributed by atoms with Crippen molar-refractivity contribution in [1.82, 2.24) is 0 Å². The van der Waals surface area contributed by atoms with Gasteiger partial charge in [0, 0.05) is 16.4 Å². The number of piperidine rings is 1. The Labute approximate surface area is 137 Å². The van der Waals surface area contributed by atoms with Gasteiger partial charge in [0.1, 0.15) is 5.82 Å². The van der Waals surface area contributed by atoms with Gasteiger partial charge in [-0.3, -0.25) is 9.59 Å². The normalized spacial score (nSPS) is 21.9. The molecule has 1 aliphatic carbocycles. The number of nitrogens with zero attached hydrogens (tertiary/aromatic N) is 1. The number of imide groups is 1. The summed E-state index contributed by atoms with van der Waals surface area (Å²) in [6, 6.07) is 4.58. The van der Waals surface area contributed by atoms with Crippen LogP contribution < -0.4 is 4.90 Å². The molecule has 0 bridgehead atoms. The summed E-state index contributed by atoms with van der Waals surface area (Å²) in [5.74, 6) is -1.02. The molecule has 2 amide bonds. The van der Waals surface area contributed by atoms with Crippen molar-refractivity contribution in [2.75, 3.05) is 4.90 Å². The van der Waals surface area contributed by atoms with Crippen LogP contribution in [0.2, 0.25) is 0 Å². The molecule has 21 heavy (non-hydrogen) atoms. The second-order valence-corrected chi connectivity index (χ2v) is 7.38. The van der Waals surface area contributed by atoms with E-state index < -0.39 is 5.82 Å². The maximum Gasteiger partial charge on any atom is 0.234 e. The Bertz CT molecular complexity index is 576. The number of amides is 2. The van der Waals surface area contributed by atoms with Crippen LogP contribution in [0.4, 0.5) is 10.1 Å². The molecule has 112 valence electrons. The zero-order valence-electron chi connectivity index (χ0n) is 11.7. The molecule has 2 fully saturated rings. The van der Waals surface area contributed by atoms with E-state index in [2.05, 4.69) is 0 Å². The van der Waals surface area contributed by atoms with Crippen LogP contribution in [0.3, 0.4) is 0 Å². The number of hydrogen-bond acceptors (Lipinski definition) is 2. The monoisotopic (exact) mass is 401 g/mol. The second-order valence-electron chi connectivity index (χ2n) is 6.13. The molecular weight excluding hydrogens is 384 g/mol. The van der Waals surface area contributed by atoms with E-state index in [0.717, 1.165) is 34.2 Å². The Morgan fingerprint density at radius 1 is 1.05 bits per heavy atom. The Morgan fingerprint density at radius 3 is 2.24 bits per heavy atom. The summed E-state index contributed by atoms with van der Waals surface area (Å²) in [5, 5.41) is 0. The Hall–Kier alpha value is -0.980. The van der Waals surface area contributed by atoms with Crippen molar-refractivity contribution < 1.29 is 14.0 Å². The second kappa shape index (κ2) is 5.66. The van der Waals surface area contributed by atoms with Gasteiger partial charge in [0.15, 0.2) is 0 Å². The third-order valence-electron chi connectivity index (χ3n) is 4.62. The first-order valence-electron chi connectivity index (χ1n) is 7.32. The van der Waals surface area contributed by atoms with Gasteiger partial charge in [-0.15, -0.1) is 0 Å². The van der Waals surface area contributed by atoms with Crippen molar-refractivity contribution in [3.8, 4) is 0 Å². The first-order valence-corrected chi connectivity index (χ1v) is 8.40. The van der Waals surface area contributed by atoms with Crippen molar-refractivity contribution in [1.29, 1.82) is 0 Å². The van der Waals surface area contributed by atoms with Crippen molar-refractivity contribution in [2.45, 2.75) is 44.9 Å². The number of hydrogen-bond donors (Lipinski definition) is 0. The van der Waals surface area contributed by atoms with Crippen LogP contribution >= 0.6 is 22.6 Å². The van der Waals surface area contributed by atoms with Gasteiger partial charge in [0.2, 0.25) is 11.8 Å². The van der Waals surface area contributed by atoms with Gasteiger partial charge in [-0.05, 0) is 59.0 Å². The third kappa shape index (κ3) is 2.84. The summed E-state index contributed by atoms with van der Waals surface area (Å²) < 4.78 is 14.8. The summed E-state index contributed by atoms with van der Waals surface area (Å²) in [5.41, 5.74) is -0.0705. The van der Waals surface area contributed by atoms with E-state index in [1.54, 1.807) is 6.07 Å². The van der Waals surface area contributed by atoms with Crippen molar-refractivity contribution in [3.63, 3.8) is 0 Å². The van der Waals surface area contributed by atoms with E-state index in [1.807, 2.05) is 22.6 Å². The van der Waals surface area contributed by atoms with Gasteiger partial charge >= 0.3 is 0 Å². The number of anilines is 1. The van der Waals surface area contributed by atoms with Gasteiger partial charge in [-0.2, -0.15) is 0 Å². The minimum Gasteiger partial charge on any atom is -0.274 e. The number of benzene rings is 1. The zero-order valence-corrected chi connectivity index (χ0v) is 13.9. The molecular formula is C16H17FINO2. The Balaban J connectivity index is 1.88. The topological polar surface area (TPSA) is 37.4 Å². The van der Waals surface area contributed by atoms with Gasteiger partial charge in [0.25, 0.3) is 0 Å². The van der Waals surface area contributed by atoms with Crippen LogP contribution in [0, 0.1) is 14.8 Å². The SMILES string of the molecule is O=C1CC2(CCCCC2)CC(=O)N1c1ccc(I)cc1F. The minimum absolute atomic E-state index is 0.0936. The first kappa shape index (κ1) is 14.9. The van der Waals surface area contributed by atoms with E-state index in [4.69, 9.17) is 0 Å². The van der Waals surface area contributed by atoms with Gasteiger partial charge < -0.3 is 0 Å². The predicted molar refractivity (Wildman–Crippen MR) is 86.4 cm³/mol. The van der Waals surface area contributed by atoms with E-state index in [1.165, 1.54) is 18.6 Å². The molecule has 1 aliphatic heterocycles. The van der Waals surface area contributed by atoms with Crippen LogP contribution in [0.1, 0.15) is 44.9 Å². The fourth-order valence-electron chi connectivity index (χ4n) is 3.59. The largest absolute Gasteiger partial charge is 0.274 e. The zero-order chi connectivity index (χ0) is 15.0. The van der Waals surface area contributed by atoms with Gasteiger partial charge in [0.05, 0.1) is 5.69 Å². The lowest BCUT2D eigenvalue weighted by atomic mass is 9.67. The molecule has 1 spiro atoms. The number of carbonyl (C=O) groups is 2. The summed E-state index contributed by atoms with van der Waals surface area (Å²) in [6.07, 6.45) is 5.95. The van der Waals surface area contributed by atoms with Crippen LogP contribution in [-0.2, 0) is 9.59 Å². The molecule has 3 rings (SSSR count). The average Bonchev–Trinajstić information content (AvgIpc) is 2.41. The number of rotatable bonds is 1. The molecule has 1 aromatic carbocycles. The minimum atomic E-state index is -0.511. The predicted octanol–water partition coefficient (Wildman–Crippen LogP) is 4.03. The highest BCUT2D eigenvalue weighted by atomic mass is 127. The maximum atomic E-state index is 14.1. The standard InChI is InChI=1S/C16H17FINO2/c17-12-8-11(18)4-5-13(12)19-14(20)9-16(10-15(19)21)6-2-1-3-7-16/h4-5,8H,1-3,6-7,9-10H2. The van der Waals surface area contributed by atoms with Crippen LogP contribution in [0.15, 0.2) is 18.2 Å². The summed E-state index contributed by atoms with van der Waals surface area (Å²) in [6.45, 7) is 0. The highest BCUT2D eigenvalue weighted by Crippen LogP contribution is 2.46. The van der Waals surface area contributed by atoms with E-state index >= 15 is 0 Å². The number of halogens is 2. The third-order valence-corrected chi connectivity index (χ3v) is 5.29. The maximum absolute atomic E-state index is 14.1. The molecule has 3 nitrogen and oxygen atoms in total. The number of carbonyl (C=O) groups excluding carboxylic acids is 2. The fourth-order valence-corrected chi connectivity index (χ4v) is 4.04. The Kier molecular flexibility index (Phi) is 4.03. The van der Waals surface area contributed by atoms with Crippen molar-refractivity contribution in [2.24, 2.45) is 5.41 Å². The molecule has 1 heterocycles. The molecule has 2 aliphatic rings. The lowest BCUT2D eigenvalue weighted by Gasteiger charge is -2.42.